The Morgan fingerprint density at radius 3 is 2.58 bits per heavy atom. The number of rotatable bonds is 7. The number of nitrogens with one attached hydrogen (secondary N) is 2. The number of piperidine rings is 1. The lowest BCUT2D eigenvalue weighted by molar-refractivity contribution is -0.130. The zero-order chi connectivity index (χ0) is 25.8. The highest BCUT2D eigenvalue weighted by Crippen LogP contribution is 2.36. The zero-order valence-corrected chi connectivity index (χ0v) is 22.3. The highest BCUT2D eigenvalue weighted by molar-refractivity contribution is 5.95. The summed E-state index contributed by atoms with van der Waals surface area (Å²) in [6, 6.07) is 8.23. The summed E-state index contributed by atoms with van der Waals surface area (Å²) in [7, 11) is 5.71. The fraction of sp³-hybridized carbons (Fsp3) is 0.536. The molecule has 0 bridgehead atoms. The average molecular weight is 493 g/mol. The molecule has 36 heavy (non-hydrogen) atoms. The molecule has 2 fully saturated rings. The lowest BCUT2D eigenvalue weighted by atomic mass is 9.97. The predicted octanol–water partition coefficient (Wildman–Crippen LogP) is 4.27. The van der Waals surface area contributed by atoms with Gasteiger partial charge in [0.25, 0.3) is 5.91 Å². The Hall–Kier alpha value is -3.13. The molecular formula is C28H40N6O2. The molecule has 2 aromatic rings. The normalized spacial score (nSPS) is 20.3. The number of nitrogens with zero attached hydrogens (tertiary/aromatic N) is 4. The van der Waals surface area contributed by atoms with Gasteiger partial charge < -0.3 is 20.4 Å². The van der Waals surface area contributed by atoms with Crippen molar-refractivity contribution in [3.8, 4) is 0 Å². The van der Waals surface area contributed by atoms with E-state index in [0.29, 0.717) is 17.5 Å². The molecule has 4 rings (SSSR count). The van der Waals surface area contributed by atoms with E-state index in [1.54, 1.807) is 25.9 Å². The van der Waals surface area contributed by atoms with Gasteiger partial charge in [0.15, 0.2) is 0 Å². The first-order chi connectivity index (χ1) is 17.2. The number of aryl methyl sites for hydroxylation is 1. The van der Waals surface area contributed by atoms with Crippen LogP contribution in [0.5, 0.6) is 0 Å². The Labute approximate surface area is 215 Å². The first-order valence-electron chi connectivity index (χ1n) is 13.0. The van der Waals surface area contributed by atoms with Crippen LogP contribution in [0.15, 0.2) is 30.5 Å². The third kappa shape index (κ3) is 5.98. The van der Waals surface area contributed by atoms with Crippen molar-refractivity contribution in [1.82, 2.24) is 19.7 Å². The monoisotopic (exact) mass is 492 g/mol. The van der Waals surface area contributed by atoms with Gasteiger partial charge in [0.2, 0.25) is 5.91 Å². The standard InChI is InChI=1S/C28H40N6O2/c1-19-14-22(10-11-23(19)28(36)32(3)4)31-27-15-25(24(17-30-27)26-9-7-12-33(26)5)29-16-21-8-6-13-34(18-21)20(2)35/h10-11,14-15,17,21,26H,6-9,12-13,16,18H2,1-5H3,(H2,29,30,31)/t21?,26-/m1/s1. The molecule has 1 aromatic heterocycles. The molecule has 0 radical (unpaired) electrons. The molecule has 2 N–H and O–H groups in total. The fourth-order valence-electron chi connectivity index (χ4n) is 5.40. The van der Waals surface area contributed by atoms with Crippen molar-refractivity contribution in [1.29, 1.82) is 0 Å². The van der Waals surface area contributed by atoms with Gasteiger partial charge in [0.1, 0.15) is 5.82 Å². The fourth-order valence-corrected chi connectivity index (χ4v) is 5.40. The Kier molecular flexibility index (Phi) is 8.14. The Morgan fingerprint density at radius 2 is 1.92 bits per heavy atom. The summed E-state index contributed by atoms with van der Waals surface area (Å²) in [5.74, 6) is 1.37. The van der Waals surface area contributed by atoms with Crippen molar-refractivity contribution < 1.29 is 9.59 Å². The van der Waals surface area contributed by atoms with Crippen LogP contribution in [0.25, 0.3) is 0 Å². The molecule has 3 heterocycles. The van der Waals surface area contributed by atoms with Crippen molar-refractivity contribution in [3.05, 3.63) is 47.2 Å². The number of aromatic nitrogens is 1. The van der Waals surface area contributed by atoms with Crippen LogP contribution in [-0.4, -0.2) is 78.8 Å². The molecule has 0 spiro atoms. The lowest BCUT2D eigenvalue weighted by Gasteiger charge is -2.33. The van der Waals surface area contributed by atoms with Gasteiger partial charge in [-0.3, -0.25) is 14.5 Å². The molecule has 2 amide bonds. The number of likely N-dealkylation sites (tertiary alicyclic amines) is 2. The van der Waals surface area contributed by atoms with E-state index in [0.717, 1.165) is 68.2 Å². The van der Waals surface area contributed by atoms with E-state index in [2.05, 4.69) is 28.6 Å². The van der Waals surface area contributed by atoms with Crippen molar-refractivity contribution in [2.45, 2.75) is 45.6 Å². The van der Waals surface area contributed by atoms with E-state index < -0.39 is 0 Å². The summed E-state index contributed by atoms with van der Waals surface area (Å²) in [5, 5.41) is 7.15. The number of anilines is 3. The maximum Gasteiger partial charge on any atom is 0.253 e. The summed E-state index contributed by atoms with van der Waals surface area (Å²) in [6.45, 7) is 7.22. The summed E-state index contributed by atoms with van der Waals surface area (Å²) >= 11 is 0. The molecule has 2 atom stereocenters. The van der Waals surface area contributed by atoms with Gasteiger partial charge in [-0.05, 0) is 75.9 Å². The first kappa shape index (κ1) is 25.9. The van der Waals surface area contributed by atoms with E-state index in [1.807, 2.05) is 36.2 Å². The van der Waals surface area contributed by atoms with Crippen molar-refractivity contribution in [2.24, 2.45) is 5.92 Å². The predicted molar refractivity (Wildman–Crippen MR) is 145 cm³/mol. The summed E-state index contributed by atoms with van der Waals surface area (Å²) in [5.41, 5.74) is 4.85. The largest absolute Gasteiger partial charge is 0.384 e. The summed E-state index contributed by atoms with van der Waals surface area (Å²) in [4.78, 5) is 35.0. The van der Waals surface area contributed by atoms with Gasteiger partial charge in [0, 0.05) is 81.5 Å². The zero-order valence-electron chi connectivity index (χ0n) is 22.3. The summed E-state index contributed by atoms with van der Waals surface area (Å²) in [6.07, 6.45) is 6.49. The number of benzene rings is 1. The maximum atomic E-state index is 12.4. The van der Waals surface area contributed by atoms with Crippen molar-refractivity contribution in [2.75, 3.05) is 58.0 Å². The molecule has 8 nitrogen and oxygen atoms in total. The van der Waals surface area contributed by atoms with Gasteiger partial charge >= 0.3 is 0 Å². The number of amides is 2. The van der Waals surface area contributed by atoms with Crippen molar-refractivity contribution in [3.63, 3.8) is 0 Å². The second-order valence-corrected chi connectivity index (χ2v) is 10.5. The second-order valence-electron chi connectivity index (χ2n) is 10.5. The average Bonchev–Trinajstić information content (AvgIpc) is 3.28. The highest BCUT2D eigenvalue weighted by atomic mass is 16.2. The lowest BCUT2D eigenvalue weighted by Crippen LogP contribution is -2.40. The Bertz CT molecular complexity index is 1100. The molecule has 194 valence electrons. The van der Waals surface area contributed by atoms with Gasteiger partial charge in [-0.25, -0.2) is 4.98 Å². The van der Waals surface area contributed by atoms with Crippen molar-refractivity contribution >= 4 is 29.0 Å². The van der Waals surface area contributed by atoms with Gasteiger partial charge in [-0.2, -0.15) is 0 Å². The molecule has 2 aliphatic heterocycles. The second kappa shape index (κ2) is 11.3. The van der Waals surface area contributed by atoms with Gasteiger partial charge in [-0.1, -0.05) is 0 Å². The quantitative estimate of drug-likeness (QED) is 0.601. The topological polar surface area (TPSA) is 80.8 Å². The number of pyridine rings is 1. The van der Waals surface area contributed by atoms with E-state index in [4.69, 9.17) is 4.98 Å². The van der Waals surface area contributed by atoms with E-state index in [9.17, 15) is 9.59 Å². The SMILES string of the molecule is CC(=O)N1CCCC(CNc2cc(Nc3ccc(C(=O)N(C)C)c(C)c3)ncc2[C@H]2CCCN2C)C1. The van der Waals surface area contributed by atoms with Crippen LogP contribution in [0.1, 0.15) is 60.1 Å². The third-order valence-corrected chi connectivity index (χ3v) is 7.50. The van der Waals surface area contributed by atoms with E-state index in [-0.39, 0.29) is 11.8 Å². The van der Waals surface area contributed by atoms with Crippen LogP contribution in [-0.2, 0) is 4.79 Å². The van der Waals surface area contributed by atoms with Crippen LogP contribution in [0.3, 0.4) is 0 Å². The molecule has 0 saturated carbocycles. The molecule has 8 heteroatoms. The number of hydrogen-bond donors (Lipinski definition) is 2. The minimum Gasteiger partial charge on any atom is -0.384 e. The first-order valence-corrected chi connectivity index (χ1v) is 13.0. The van der Waals surface area contributed by atoms with Crippen LogP contribution < -0.4 is 10.6 Å². The smallest absolute Gasteiger partial charge is 0.253 e. The molecule has 0 aliphatic carbocycles. The maximum absolute atomic E-state index is 12.4. The van der Waals surface area contributed by atoms with Crippen LogP contribution in [0, 0.1) is 12.8 Å². The van der Waals surface area contributed by atoms with Crippen LogP contribution in [0.4, 0.5) is 17.2 Å². The Balaban J connectivity index is 1.53. The number of carbonyl (C=O) groups excluding carboxylic acids is 2. The third-order valence-electron chi connectivity index (χ3n) is 7.50. The van der Waals surface area contributed by atoms with E-state index in [1.165, 1.54) is 12.0 Å². The number of hydrogen-bond acceptors (Lipinski definition) is 6. The van der Waals surface area contributed by atoms with Crippen LogP contribution >= 0.6 is 0 Å². The number of carbonyl (C=O) groups is 2. The minimum absolute atomic E-state index is 0.000232. The minimum atomic E-state index is -0.000232. The van der Waals surface area contributed by atoms with E-state index >= 15 is 0 Å². The van der Waals surface area contributed by atoms with Gasteiger partial charge in [0.05, 0.1) is 0 Å². The molecule has 2 aliphatic rings. The Morgan fingerprint density at radius 1 is 1.14 bits per heavy atom. The summed E-state index contributed by atoms with van der Waals surface area (Å²) < 4.78 is 0. The van der Waals surface area contributed by atoms with Crippen LogP contribution in [0.2, 0.25) is 0 Å². The van der Waals surface area contributed by atoms with Gasteiger partial charge in [-0.15, -0.1) is 0 Å². The molecule has 2 saturated heterocycles. The molecule has 1 unspecified atom stereocenters. The highest BCUT2D eigenvalue weighted by Gasteiger charge is 2.27. The molecule has 1 aromatic carbocycles. The molecular weight excluding hydrogens is 452 g/mol.